The van der Waals surface area contributed by atoms with E-state index in [0.717, 1.165) is 0 Å². The molecule has 0 aromatic rings. The zero-order valence-electron chi connectivity index (χ0n) is 13.7. The molecule has 0 amide bonds. The Morgan fingerprint density at radius 2 is 1.19 bits per heavy atom. The first kappa shape index (κ1) is 21.4. The van der Waals surface area contributed by atoms with Crippen molar-refractivity contribution in [3.05, 3.63) is 41.0 Å². The van der Waals surface area contributed by atoms with Gasteiger partial charge in [0.1, 0.15) is 0 Å². The molecule has 0 saturated heterocycles. The molecule has 0 atom stereocenters. The molecule has 21 heavy (non-hydrogen) atoms. The summed E-state index contributed by atoms with van der Waals surface area (Å²) in [5.41, 5.74) is 6.76. The van der Waals surface area contributed by atoms with E-state index in [2.05, 4.69) is 39.8 Å². The zero-order valence-corrected chi connectivity index (χ0v) is 17.6. The summed E-state index contributed by atoms with van der Waals surface area (Å²) in [6.45, 7) is 9.29. The molecular weight excluding hydrogens is 378 g/mol. The van der Waals surface area contributed by atoms with Gasteiger partial charge in [-0.25, -0.2) is 0 Å². The Labute approximate surface area is 154 Å². The van der Waals surface area contributed by atoms with Gasteiger partial charge in [0.05, 0.1) is 0 Å². The van der Waals surface area contributed by atoms with Crippen LogP contribution in [-0.4, -0.2) is 0 Å². The summed E-state index contributed by atoms with van der Waals surface area (Å²) in [7, 11) is 0. The minimum absolute atomic E-state index is 0. The minimum atomic E-state index is -0.544. The van der Waals surface area contributed by atoms with Gasteiger partial charge < -0.3 is 24.8 Å². The molecule has 2 aliphatic rings. The first-order valence-corrected chi connectivity index (χ1v) is 10.2. The fraction of sp³-hybridized carbons (Fsp3) is 0.556. The summed E-state index contributed by atoms with van der Waals surface area (Å²) in [6.07, 6.45) is 12.7. The van der Waals surface area contributed by atoms with Crippen LogP contribution in [0.4, 0.5) is 0 Å². The molecule has 0 N–H and O–H groups in total. The second-order valence-corrected chi connectivity index (χ2v) is 9.05. The second-order valence-electron chi connectivity index (χ2n) is 5.79. The third kappa shape index (κ3) is 5.23. The molecular formula is C18H26Cl2Zr. The largest absolute Gasteiger partial charge is 1.00 e. The van der Waals surface area contributed by atoms with Crippen molar-refractivity contribution < 1.29 is 48.0 Å². The van der Waals surface area contributed by atoms with Crippen LogP contribution in [0.5, 0.6) is 0 Å². The predicted molar refractivity (Wildman–Crippen MR) is 80.6 cm³/mol. The number of hydrogen-bond acceptors (Lipinski definition) is 0. The van der Waals surface area contributed by atoms with Crippen LogP contribution in [0.15, 0.2) is 41.0 Å². The fourth-order valence-electron chi connectivity index (χ4n) is 3.06. The van der Waals surface area contributed by atoms with Crippen molar-refractivity contribution >= 4 is 0 Å². The molecule has 0 fully saturated rings. The molecule has 2 rings (SSSR count). The van der Waals surface area contributed by atoms with E-state index in [1.165, 1.54) is 38.5 Å². The molecule has 0 aliphatic heterocycles. The van der Waals surface area contributed by atoms with Gasteiger partial charge in [-0.15, -0.1) is 0 Å². The van der Waals surface area contributed by atoms with Gasteiger partial charge in [-0.2, -0.15) is 0 Å². The van der Waals surface area contributed by atoms with Crippen molar-refractivity contribution in [3.63, 3.8) is 0 Å². The van der Waals surface area contributed by atoms with Crippen LogP contribution in [0.3, 0.4) is 0 Å². The SMILES string of the molecule is CCCC1=C(C)CC=[C]1[Zr+2][C]1=CCC(C)=C1CCC.[Cl-].[Cl-]. The zero-order chi connectivity index (χ0) is 13.8. The van der Waals surface area contributed by atoms with Gasteiger partial charge in [0, 0.05) is 0 Å². The number of rotatable bonds is 6. The van der Waals surface area contributed by atoms with Crippen molar-refractivity contribution in [1.29, 1.82) is 0 Å². The summed E-state index contributed by atoms with van der Waals surface area (Å²) in [6, 6.07) is 0. The van der Waals surface area contributed by atoms with E-state index in [1.807, 2.05) is 0 Å². The van der Waals surface area contributed by atoms with Crippen molar-refractivity contribution in [2.24, 2.45) is 0 Å². The van der Waals surface area contributed by atoms with Crippen LogP contribution >= 0.6 is 0 Å². The first-order chi connectivity index (χ1) is 9.17. The summed E-state index contributed by atoms with van der Waals surface area (Å²) < 4.78 is 3.58. The molecule has 2 aliphatic carbocycles. The van der Waals surface area contributed by atoms with Crippen LogP contribution in [0, 0.1) is 0 Å². The average Bonchev–Trinajstić information content (AvgIpc) is 2.90. The molecule has 0 saturated carbocycles. The Morgan fingerprint density at radius 1 is 0.810 bits per heavy atom. The van der Waals surface area contributed by atoms with Crippen molar-refractivity contribution in [3.8, 4) is 0 Å². The van der Waals surface area contributed by atoms with E-state index in [-0.39, 0.29) is 24.8 Å². The van der Waals surface area contributed by atoms with Crippen molar-refractivity contribution in [2.75, 3.05) is 0 Å². The van der Waals surface area contributed by atoms with Gasteiger partial charge in [-0.3, -0.25) is 0 Å². The van der Waals surface area contributed by atoms with Crippen molar-refractivity contribution in [1.82, 2.24) is 0 Å². The Morgan fingerprint density at radius 3 is 1.52 bits per heavy atom. The Kier molecular flexibility index (Phi) is 10.5. The number of halogens is 2. The monoisotopic (exact) mass is 402 g/mol. The molecule has 0 aromatic heterocycles. The normalized spacial score (nSPS) is 17.1. The molecule has 0 unspecified atom stereocenters. The Hall–Kier alpha value is 0.423. The topological polar surface area (TPSA) is 0 Å². The molecule has 116 valence electrons. The number of allylic oxidation sites excluding steroid dienone is 8. The third-order valence-corrected chi connectivity index (χ3v) is 7.99. The number of hydrogen-bond donors (Lipinski definition) is 0. The smallest absolute Gasteiger partial charge is 1.00 e. The van der Waals surface area contributed by atoms with Gasteiger partial charge in [-0.05, 0) is 0 Å². The van der Waals surface area contributed by atoms with Crippen LogP contribution in [-0.2, 0) is 23.2 Å². The molecule has 0 spiro atoms. The molecule has 0 nitrogen and oxygen atoms in total. The van der Waals surface area contributed by atoms with Gasteiger partial charge in [0.15, 0.2) is 0 Å². The van der Waals surface area contributed by atoms with Crippen LogP contribution in [0.1, 0.15) is 66.2 Å². The standard InChI is InChI=1S/2C9H13.2ClH.Zr/c2*1-3-5-9-7-4-6-8(9)2;;;/h2*4H,3,5-6H2,1-2H3;2*1H;/q;;;;+2/p-2. The average molecular weight is 405 g/mol. The summed E-state index contributed by atoms with van der Waals surface area (Å²) in [5.74, 6) is 0. The maximum Gasteiger partial charge on any atom is -1.00 e. The van der Waals surface area contributed by atoms with E-state index < -0.39 is 23.2 Å². The van der Waals surface area contributed by atoms with Crippen LogP contribution in [0.25, 0.3) is 0 Å². The second kappa shape index (κ2) is 10.2. The fourth-order valence-corrected chi connectivity index (χ4v) is 7.18. The Bertz CT molecular complexity index is 437. The maximum absolute atomic E-state index is 2.55. The first-order valence-electron chi connectivity index (χ1n) is 7.72. The summed E-state index contributed by atoms with van der Waals surface area (Å²) in [5, 5.41) is 0. The quantitative estimate of drug-likeness (QED) is 0.580. The predicted octanol–water partition coefficient (Wildman–Crippen LogP) is -0.115. The molecule has 0 radical (unpaired) electrons. The van der Waals surface area contributed by atoms with Crippen molar-refractivity contribution in [2.45, 2.75) is 66.2 Å². The van der Waals surface area contributed by atoms with E-state index in [9.17, 15) is 0 Å². The van der Waals surface area contributed by atoms with Gasteiger partial charge >= 0.3 is 130 Å². The van der Waals surface area contributed by atoms with E-state index in [0.29, 0.717) is 0 Å². The Balaban J connectivity index is 0.00000200. The van der Waals surface area contributed by atoms with Crippen LogP contribution < -0.4 is 24.8 Å². The van der Waals surface area contributed by atoms with Gasteiger partial charge in [0.25, 0.3) is 0 Å². The maximum atomic E-state index is 2.55. The molecule has 0 bridgehead atoms. The molecule has 0 heterocycles. The van der Waals surface area contributed by atoms with Gasteiger partial charge in [0.2, 0.25) is 0 Å². The summed E-state index contributed by atoms with van der Waals surface area (Å²) >= 11 is -0.544. The van der Waals surface area contributed by atoms with Crippen LogP contribution in [0.2, 0.25) is 0 Å². The molecule has 3 heteroatoms. The van der Waals surface area contributed by atoms with Gasteiger partial charge in [-0.1, -0.05) is 0 Å². The van der Waals surface area contributed by atoms with E-state index in [4.69, 9.17) is 0 Å². The van der Waals surface area contributed by atoms with E-state index >= 15 is 0 Å². The third-order valence-electron chi connectivity index (χ3n) is 4.17. The minimum Gasteiger partial charge on any atom is -1.00 e. The van der Waals surface area contributed by atoms with E-state index in [1.54, 1.807) is 28.9 Å². The summed E-state index contributed by atoms with van der Waals surface area (Å²) in [4.78, 5) is 0. The molecule has 0 aromatic carbocycles.